The topological polar surface area (TPSA) is 108 Å². The van der Waals surface area contributed by atoms with Crippen molar-refractivity contribution in [2.24, 2.45) is 0 Å². The van der Waals surface area contributed by atoms with Gasteiger partial charge in [-0.3, -0.25) is 4.79 Å². The molecule has 0 aliphatic heterocycles. The smallest absolute Gasteiger partial charge is 0.399 e. The number of amides is 1. The highest BCUT2D eigenvalue weighted by atomic mass is 19.1. The number of carbonyl (C=O) groups excluding carboxylic acids is 1. The number of hydrogen-bond acceptors (Lipinski definition) is 4. The summed E-state index contributed by atoms with van der Waals surface area (Å²) in [5.74, 6) is -0.464. The number of hydrogen-bond donors (Lipinski definition) is 2. The van der Waals surface area contributed by atoms with Gasteiger partial charge in [0.1, 0.15) is 11.9 Å². The zero-order valence-corrected chi connectivity index (χ0v) is 13.3. The van der Waals surface area contributed by atoms with Gasteiger partial charge in [-0.05, 0) is 49.4 Å². The Morgan fingerprint density at radius 1 is 1.16 bits per heavy atom. The van der Waals surface area contributed by atoms with Gasteiger partial charge < -0.3 is 15.6 Å². The number of nitrogen functional groups attached to an aromatic ring is 1. The van der Waals surface area contributed by atoms with Crippen molar-refractivity contribution in [2.75, 3.05) is 11.1 Å². The lowest BCUT2D eigenvalue weighted by Gasteiger charge is -2.15. The van der Waals surface area contributed by atoms with Crippen molar-refractivity contribution >= 4 is 28.2 Å². The lowest BCUT2D eigenvalue weighted by molar-refractivity contribution is -0.118. The van der Waals surface area contributed by atoms with Gasteiger partial charge in [0.2, 0.25) is 15.7 Å². The average Bonchev–Trinajstić information content (AvgIpc) is 3.02. The second-order valence-electron chi connectivity index (χ2n) is 5.26. The van der Waals surface area contributed by atoms with Gasteiger partial charge in [0.15, 0.2) is 0 Å². The van der Waals surface area contributed by atoms with Crippen LogP contribution in [-0.2, 0) is 4.79 Å². The highest BCUT2D eigenvalue weighted by Crippen LogP contribution is 2.23. The van der Waals surface area contributed by atoms with Crippen LogP contribution in [0.15, 0.2) is 54.7 Å². The number of benzene rings is 2. The fraction of sp³-hybridized carbons (Fsp3) is 0.118. The number of carbonyl (C=O) groups is 1. The Bertz CT molecular complexity index is 915. The van der Waals surface area contributed by atoms with E-state index in [2.05, 4.69) is 5.32 Å². The predicted octanol–water partition coefficient (Wildman–Crippen LogP) is 3.15. The number of rotatable bonds is 3. The third-order valence-corrected chi connectivity index (χ3v) is 3.68. The summed E-state index contributed by atoms with van der Waals surface area (Å²) < 4.78 is 15.5. The van der Waals surface area contributed by atoms with Crippen LogP contribution in [0.25, 0.3) is 10.9 Å². The highest BCUT2D eigenvalue weighted by Gasteiger charge is 2.17. The summed E-state index contributed by atoms with van der Waals surface area (Å²) in [6.45, 7) is 1.77. The summed E-state index contributed by atoms with van der Waals surface area (Å²) in [6.07, 6.45) is 1.72. The van der Waals surface area contributed by atoms with Crippen LogP contribution in [0.5, 0.6) is 0 Å². The first-order valence-electron chi connectivity index (χ1n) is 7.34. The summed E-state index contributed by atoms with van der Waals surface area (Å²) in [5, 5.41) is 4.34. The first-order chi connectivity index (χ1) is 12.0. The lowest BCUT2D eigenvalue weighted by Crippen LogP contribution is -2.23. The largest absolute Gasteiger partial charge is 0.569 e. The second-order valence-corrected chi connectivity index (χ2v) is 5.26. The Morgan fingerprint density at radius 2 is 1.80 bits per heavy atom. The van der Waals surface area contributed by atoms with Crippen molar-refractivity contribution in [3.05, 3.63) is 70.4 Å². The van der Waals surface area contributed by atoms with Crippen molar-refractivity contribution in [1.82, 2.24) is 9.60 Å². The molecular formula is C17H16FN4O3+. The molecule has 0 fully saturated rings. The third-order valence-electron chi connectivity index (χ3n) is 3.68. The third kappa shape index (κ3) is 4.07. The van der Waals surface area contributed by atoms with Crippen LogP contribution in [0.1, 0.15) is 13.0 Å². The van der Waals surface area contributed by atoms with Gasteiger partial charge in [-0.1, -0.05) is 6.07 Å². The number of halogens is 1. The molecule has 3 N–H and O–H groups in total. The molecule has 1 atom stereocenters. The van der Waals surface area contributed by atoms with Crippen LogP contribution in [-0.4, -0.2) is 10.5 Å². The minimum absolute atomic E-state index is 0.175. The maximum atomic E-state index is 13.7. The van der Waals surface area contributed by atoms with Crippen molar-refractivity contribution in [2.45, 2.75) is 13.0 Å². The molecule has 1 aromatic heterocycles. The van der Waals surface area contributed by atoms with Crippen LogP contribution >= 0.6 is 0 Å². The van der Waals surface area contributed by atoms with E-state index in [4.69, 9.17) is 15.5 Å². The van der Waals surface area contributed by atoms with E-state index in [1.54, 1.807) is 60.2 Å². The molecule has 3 rings (SSSR count). The van der Waals surface area contributed by atoms with Crippen LogP contribution in [0.2, 0.25) is 0 Å². The zero-order valence-electron chi connectivity index (χ0n) is 13.3. The van der Waals surface area contributed by atoms with Gasteiger partial charge in [0, 0.05) is 23.0 Å². The van der Waals surface area contributed by atoms with Gasteiger partial charge in [0.05, 0.1) is 5.52 Å². The fourth-order valence-corrected chi connectivity index (χ4v) is 2.43. The summed E-state index contributed by atoms with van der Waals surface area (Å²) in [6, 6.07) is 13.0. The first-order valence-corrected chi connectivity index (χ1v) is 7.34. The van der Waals surface area contributed by atoms with E-state index < -0.39 is 6.04 Å². The maximum Gasteiger partial charge on any atom is 0.569 e. The quantitative estimate of drug-likeness (QED) is 0.562. The molecule has 3 aromatic rings. The molecule has 7 nitrogen and oxygen atoms in total. The molecule has 0 aliphatic rings. The van der Waals surface area contributed by atoms with E-state index in [0.717, 1.165) is 5.04 Å². The summed E-state index contributed by atoms with van der Waals surface area (Å²) >= 11 is 0. The maximum absolute atomic E-state index is 13.7. The number of nitroso groups, excluding NO2 is 2. The van der Waals surface area contributed by atoms with Gasteiger partial charge in [-0.25, -0.2) is 4.39 Å². The predicted molar refractivity (Wildman–Crippen MR) is 95.0 cm³/mol. The van der Waals surface area contributed by atoms with Crippen LogP contribution in [0.3, 0.4) is 0 Å². The number of fused-ring (bicyclic) bond motifs is 1. The molecule has 0 spiro atoms. The zero-order chi connectivity index (χ0) is 18.4. The molecular weight excluding hydrogens is 327 g/mol. The van der Waals surface area contributed by atoms with Gasteiger partial charge in [-0.2, -0.15) is 0 Å². The molecule has 8 heteroatoms. The SMILES string of the molecule is C[C@H](C(=O)Nc1ccc(N)cc1)n1ccc2c(F)cccc21.O=[N+]=O. The van der Waals surface area contributed by atoms with Gasteiger partial charge in [0.25, 0.3) is 0 Å². The second kappa shape index (κ2) is 7.85. The lowest BCUT2D eigenvalue weighted by atomic mass is 10.2. The van der Waals surface area contributed by atoms with Crippen molar-refractivity contribution in [3.63, 3.8) is 0 Å². The number of anilines is 2. The molecule has 2 aromatic carbocycles. The molecule has 0 saturated carbocycles. The normalized spacial score (nSPS) is 11.1. The summed E-state index contributed by atoms with van der Waals surface area (Å²) in [4.78, 5) is 28.4. The fourth-order valence-electron chi connectivity index (χ4n) is 2.43. The summed E-state index contributed by atoms with van der Waals surface area (Å²) in [7, 11) is 0. The number of nitrogens with two attached hydrogens (primary N) is 1. The van der Waals surface area contributed by atoms with Crippen molar-refractivity contribution < 1.29 is 9.18 Å². The van der Waals surface area contributed by atoms with E-state index in [1.165, 1.54) is 6.07 Å². The van der Waals surface area contributed by atoms with Crippen LogP contribution < -0.4 is 16.1 Å². The van der Waals surface area contributed by atoms with Crippen molar-refractivity contribution in [1.29, 1.82) is 0 Å². The van der Waals surface area contributed by atoms with Gasteiger partial charge >= 0.3 is 5.04 Å². The molecule has 128 valence electrons. The summed E-state index contributed by atoms with van der Waals surface area (Å²) in [5.41, 5.74) is 7.62. The van der Waals surface area contributed by atoms with E-state index in [9.17, 15) is 9.18 Å². The monoisotopic (exact) mass is 343 g/mol. The molecule has 0 saturated heterocycles. The molecule has 0 aliphatic carbocycles. The highest BCUT2D eigenvalue weighted by molar-refractivity contribution is 5.95. The first kappa shape index (κ1) is 17.8. The standard InChI is InChI=1S/C17H16FN3O.NO2/c1-11(17(22)20-13-7-5-12(19)6-8-13)21-10-9-14-15(18)3-2-4-16(14)21;2-1-3/h2-11H,19H2,1H3,(H,20,22);/q;+1/t11-;/m1./s1. The number of nitrogens with one attached hydrogen (secondary N) is 1. The average molecular weight is 343 g/mol. The Hall–Kier alpha value is -3.51. The Balaban J connectivity index is 0.000000701. The number of nitrogens with zero attached hydrogens (tertiary/aromatic N) is 2. The van der Waals surface area contributed by atoms with E-state index >= 15 is 0 Å². The molecule has 1 amide bonds. The Kier molecular flexibility index (Phi) is 5.60. The van der Waals surface area contributed by atoms with Gasteiger partial charge in [-0.15, -0.1) is 0 Å². The molecule has 1 heterocycles. The van der Waals surface area contributed by atoms with Crippen LogP contribution in [0, 0.1) is 15.6 Å². The molecule has 0 radical (unpaired) electrons. The van der Waals surface area contributed by atoms with E-state index in [1.807, 2.05) is 0 Å². The van der Waals surface area contributed by atoms with Crippen molar-refractivity contribution in [3.8, 4) is 0 Å². The van der Waals surface area contributed by atoms with E-state index in [-0.39, 0.29) is 11.7 Å². The van der Waals surface area contributed by atoms with E-state index in [0.29, 0.717) is 22.3 Å². The molecule has 0 unspecified atom stereocenters. The minimum atomic E-state index is -0.461. The molecule has 25 heavy (non-hydrogen) atoms. The Morgan fingerprint density at radius 3 is 2.44 bits per heavy atom. The Labute approximate surface area is 142 Å². The molecule has 0 bridgehead atoms. The minimum Gasteiger partial charge on any atom is -0.399 e. The number of aromatic nitrogens is 1. The van der Waals surface area contributed by atoms with Crippen LogP contribution in [0.4, 0.5) is 15.8 Å².